The van der Waals surface area contributed by atoms with Crippen LogP contribution < -0.4 is 5.32 Å². The Morgan fingerprint density at radius 2 is 2.24 bits per heavy atom. The van der Waals surface area contributed by atoms with Gasteiger partial charge in [-0.2, -0.15) is 0 Å². The summed E-state index contributed by atoms with van der Waals surface area (Å²) in [6, 6.07) is 0.487. The Bertz CT molecular complexity index is 181. The smallest absolute Gasteiger partial charge is 0.0699 e. The Balaban J connectivity index is 2.18. The molecular weight excluding hydrogens is 214 g/mol. The highest BCUT2D eigenvalue weighted by atomic mass is 16.5. The van der Waals surface area contributed by atoms with Crippen molar-refractivity contribution in [3.8, 4) is 0 Å². The second kappa shape index (κ2) is 8.90. The van der Waals surface area contributed by atoms with Crippen molar-refractivity contribution >= 4 is 0 Å². The first-order valence-corrected chi connectivity index (χ1v) is 7.24. The number of nitrogens with one attached hydrogen (secondary N) is 1. The second-order valence-electron chi connectivity index (χ2n) is 4.89. The van der Waals surface area contributed by atoms with Crippen LogP contribution >= 0.6 is 0 Å². The zero-order valence-corrected chi connectivity index (χ0v) is 11.7. The standard InChI is InChI=1S/C14H29NO2/c1-4-15-14(12(3)16-5-2)10-6-8-13-9-7-11-17-13/h12-15H,4-11H2,1-3H3. The van der Waals surface area contributed by atoms with Crippen LogP contribution in [0.4, 0.5) is 0 Å². The maximum Gasteiger partial charge on any atom is 0.0699 e. The molecule has 1 rings (SSSR count). The Morgan fingerprint density at radius 1 is 1.41 bits per heavy atom. The van der Waals surface area contributed by atoms with Gasteiger partial charge in [0, 0.05) is 19.3 Å². The van der Waals surface area contributed by atoms with E-state index in [1.54, 1.807) is 0 Å². The van der Waals surface area contributed by atoms with Crippen LogP contribution in [-0.2, 0) is 9.47 Å². The summed E-state index contributed by atoms with van der Waals surface area (Å²) in [4.78, 5) is 0. The Kier molecular flexibility index (Phi) is 7.82. The van der Waals surface area contributed by atoms with Gasteiger partial charge in [-0.25, -0.2) is 0 Å². The van der Waals surface area contributed by atoms with Crippen molar-refractivity contribution in [1.82, 2.24) is 5.32 Å². The first-order valence-electron chi connectivity index (χ1n) is 7.24. The fourth-order valence-electron chi connectivity index (χ4n) is 2.58. The summed E-state index contributed by atoms with van der Waals surface area (Å²) in [7, 11) is 0. The molecule has 0 spiro atoms. The average molecular weight is 243 g/mol. The minimum Gasteiger partial charge on any atom is -0.378 e. The van der Waals surface area contributed by atoms with Crippen LogP contribution in [-0.4, -0.2) is 38.0 Å². The van der Waals surface area contributed by atoms with Crippen LogP contribution in [0.3, 0.4) is 0 Å². The van der Waals surface area contributed by atoms with Crippen molar-refractivity contribution in [2.75, 3.05) is 19.8 Å². The molecule has 102 valence electrons. The van der Waals surface area contributed by atoms with Gasteiger partial charge in [0.2, 0.25) is 0 Å². The number of rotatable bonds is 9. The lowest BCUT2D eigenvalue weighted by atomic mass is 10.0. The van der Waals surface area contributed by atoms with Crippen LogP contribution in [0.5, 0.6) is 0 Å². The highest BCUT2D eigenvalue weighted by molar-refractivity contribution is 4.75. The van der Waals surface area contributed by atoms with Gasteiger partial charge in [0.1, 0.15) is 0 Å². The van der Waals surface area contributed by atoms with E-state index in [4.69, 9.17) is 9.47 Å². The molecule has 1 heterocycles. The van der Waals surface area contributed by atoms with E-state index >= 15 is 0 Å². The molecule has 1 fully saturated rings. The van der Waals surface area contributed by atoms with Crippen LogP contribution in [0.1, 0.15) is 52.9 Å². The van der Waals surface area contributed by atoms with Crippen molar-refractivity contribution < 1.29 is 9.47 Å². The van der Waals surface area contributed by atoms with Crippen LogP contribution in [0, 0.1) is 0 Å². The molecule has 3 atom stereocenters. The maximum absolute atomic E-state index is 5.69. The summed E-state index contributed by atoms with van der Waals surface area (Å²) >= 11 is 0. The van der Waals surface area contributed by atoms with Crippen LogP contribution in [0.15, 0.2) is 0 Å². The topological polar surface area (TPSA) is 30.5 Å². The van der Waals surface area contributed by atoms with Crippen LogP contribution in [0.25, 0.3) is 0 Å². The van der Waals surface area contributed by atoms with Crippen LogP contribution in [0.2, 0.25) is 0 Å². The SMILES string of the molecule is CCNC(CCCC1CCCO1)C(C)OCC. The number of hydrogen-bond acceptors (Lipinski definition) is 3. The quantitative estimate of drug-likeness (QED) is 0.675. The molecule has 1 aliphatic rings. The molecule has 0 bridgehead atoms. The lowest BCUT2D eigenvalue weighted by Crippen LogP contribution is -2.39. The third kappa shape index (κ3) is 5.84. The Morgan fingerprint density at radius 3 is 2.82 bits per heavy atom. The first-order chi connectivity index (χ1) is 8.27. The summed E-state index contributed by atoms with van der Waals surface area (Å²) in [6.45, 7) is 9.17. The number of hydrogen-bond donors (Lipinski definition) is 1. The molecule has 17 heavy (non-hydrogen) atoms. The molecule has 0 aliphatic carbocycles. The molecule has 3 nitrogen and oxygen atoms in total. The van der Waals surface area contributed by atoms with Gasteiger partial charge in [-0.15, -0.1) is 0 Å². The molecule has 0 amide bonds. The fourth-order valence-corrected chi connectivity index (χ4v) is 2.58. The molecule has 0 saturated carbocycles. The zero-order valence-electron chi connectivity index (χ0n) is 11.7. The average Bonchev–Trinajstić information content (AvgIpc) is 2.81. The molecular formula is C14H29NO2. The minimum atomic E-state index is 0.310. The molecule has 0 aromatic carbocycles. The molecule has 3 heteroatoms. The van der Waals surface area contributed by atoms with Gasteiger partial charge in [0.25, 0.3) is 0 Å². The summed E-state index contributed by atoms with van der Waals surface area (Å²) in [6.07, 6.45) is 6.97. The largest absolute Gasteiger partial charge is 0.378 e. The Labute approximate surface area is 106 Å². The highest BCUT2D eigenvalue weighted by Crippen LogP contribution is 2.19. The predicted octanol–water partition coefficient (Wildman–Crippen LogP) is 2.74. The minimum absolute atomic E-state index is 0.310. The molecule has 3 unspecified atom stereocenters. The lowest BCUT2D eigenvalue weighted by Gasteiger charge is -2.25. The maximum atomic E-state index is 5.69. The van der Waals surface area contributed by atoms with Gasteiger partial charge in [0.05, 0.1) is 12.2 Å². The van der Waals surface area contributed by atoms with E-state index in [2.05, 4.69) is 26.1 Å². The van der Waals surface area contributed by atoms with Crippen molar-refractivity contribution in [2.24, 2.45) is 0 Å². The van der Waals surface area contributed by atoms with E-state index < -0.39 is 0 Å². The lowest BCUT2D eigenvalue weighted by molar-refractivity contribution is 0.0426. The van der Waals surface area contributed by atoms with Crippen molar-refractivity contribution in [3.63, 3.8) is 0 Å². The van der Waals surface area contributed by atoms with E-state index in [9.17, 15) is 0 Å². The molecule has 1 saturated heterocycles. The van der Waals surface area contributed by atoms with E-state index in [0.717, 1.165) is 19.8 Å². The second-order valence-corrected chi connectivity index (χ2v) is 4.89. The van der Waals surface area contributed by atoms with E-state index in [0.29, 0.717) is 18.2 Å². The molecule has 1 N–H and O–H groups in total. The Hall–Kier alpha value is -0.120. The van der Waals surface area contributed by atoms with Crippen molar-refractivity contribution in [2.45, 2.75) is 71.1 Å². The van der Waals surface area contributed by atoms with Gasteiger partial charge < -0.3 is 14.8 Å². The van der Waals surface area contributed by atoms with E-state index in [1.807, 2.05) is 0 Å². The van der Waals surface area contributed by atoms with Gasteiger partial charge in [-0.1, -0.05) is 6.92 Å². The molecule has 0 radical (unpaired) electrons. The summed E-state index contributed by atoms with van der Waals surface area (Å²) in [5.74, 6) is 0. The number of likely N-dealkylation sites (N-methyl/N-ethyl adjacent to an activating group) is 1. The third-order valence-corrected chi connectivity index (χ3v) is 3.53. The molecule has 1 aliphatic heterocycles. The number of ether oxygens (including phenoxy) is 2. The third-order valence-electron chi connectivity index (χ3n) is 3.53. The fraction of sp³-hybridized carbons (Fsp3) is 1.00. The van der Waals surface area contributed by atoms with E-state index in [-0.39, 0.29) is 0 Å². The van der Waals surface area contributed by atoms with Crippen molar-refractivity contribution in [1.29, 1.82) is 0 Å². The zero-order chi connectivity index (χ0) is 12.5. The predicted molar refractivity (Wildman–Crippen MR) is 71.4 cm³/mol. The molecule has 0 aromatic heterocycles. The van der Waals surface area contributed by atoms with Gasteiger partial charge in [-0.05, 0) is 52.5 Å². The molecule has 0 aromatic rings. The summed E-state index contributed by atoms with van der Waals surface area (Å²) in [5.41, 5.74) is 0. The van der Waals surface area contributed by atoms with Crippen molar-refractivity contribution in [3.05, 3.63) is 0 Å². The normalized spacial score (nSPS) is 23.8. The summed E-state index contributed by atoms with van der Waals surface area (Å²) < 4.78 is 11.3. The van der Waals surface area contributed by atoms with Gasteiger partial charge >= 0.3 is 0 Å². The van der Waals surface area contributed by atoms with Gasteiger partial charge in [-0.3, -0.25) is 0 Å². The monoisotopic (exact) mass is 243 g/mol. The van der Waals surface area contributed by atoms with Gasteiger partial charge in [0.15, 0.2) is 0 Å². The first kappa shape index (κ1) is 14.9. The highest BCUT2D eigenvalue weighted by Gasteiger charge is 2.19. The summed E-state index contributed by atoms with van der Waals surface area (Å²) in [5, 5.41) is 3.53. The van der Waals surface area contributed by atoms with E-state index in [1.165, 1.54) is 32.1 Å².